The predicted molar refractivity (Wildman–Crippen MR) is 59.2 cm³/mol. The van der Waals surface area contributed by atoms with Gasteiger partial charge in [0, 0.05) is 13.2 Å². The van der Waals surface area contributed by atoms with Crippen molar-refractivity contribution in [3.8, 4) is 0 Å². The average Bonchev–Trinajstić information content (AvgIpc) is 1.41. The van der Waals surface area contributed by atoms with Crippen LogP contribution in [0.25, 0.3) is 0 Å². The molecule has 0 aliphatic heterocycles. The lowest BCUT2D eigenvalue weighted by molar-refractivity contribution is 0.221. The Bertz CT molecular complexity index is 15.0. The van der Waals surface area contributed by atoms with Gasteiger partial charge in [-0.25, -0.2) is 0 Å². The second kappa shape index (κ2) is 92.6. The van der Waals surface area contributed by atoms with E-state index in [1.54, 1.807) is 0 Å². The Kier molecular flexibility index (Phi) is 589. The van der Waals surface area contributed by atoms with Gasteiger partial charge in [-0.15, -0.1) is 0 Å². The summed E-state index contributed by atoms with van der Waals surface area (Å²) in [7, 11) is 0. The van der Waals surface area contributed by atoms with E-state index < -0.39 is 0 Å². The molecule has 0 aromatic carbocycles. The van der Waals surface area contributed by atoms with Gasteiger partial charge in [0.05, 0.1) is 0 Å². The zero-order valence-corrected chi connectivity index (χ0v) is 3.02. The molecule has 0 radical (unpaired) electrons. The number of aliphatic hydroxyl groups excluding tert-OH is 2. The number of rotatable bonds is 2. The van der Waals surface area contributed by atoms with Crippen LogP contribution in [0.1, 0.15) is 51.0 Å². The standard InChI is InChI=1S/C3H8O2.6CH4/c4-2-1-3-5;;;;;;/h4-5H,1-3H2;6*1H4. The van der Waals surface area contributed by atoms with Crippen molar-refractivity contribution in [1.29, 1.82) is 0 Å². The van der Waals surface area contributed by atoms with Crippen molar-refractivity contribution in [1.82, 2.24) is 0 Å². The van der Waals surface area contributed by atoms with Gasteiger partial charge in [0.1, 0.15) is 0 Å². The molecule has 80 valence electrons. The second-order valence-electron chi connectivity index (χ2n) is 0.801. The molecule has 0 aliphatic carbocycles. The molecule has 0 atom stereocenters. The van der Waals surface area contributed by atoms with Crippen LogP contribution < -0.4 is 0 Å². The van der Waals surface area contributed by atoms with E-state index in [4.69, 9.17) is 10.2 Å². The highest BCUT2D eigenvalue weighted by Crippen LogP contribution is 1.65. The first-order chi connectivity index (χ1) is 2.41. The lowest BCUT2D eigenvalue weighted by Gasteiger charge is -1.79. The summed E-state index contributed by atoms with van der Waals surface area (Å²) in [5.41, 5.74) is 0. The Hall–Kier alpha value is -0.0800. The van der Waals surface area contributed by atoms with E-state index >= 15 is 0 Å². The first-order valence-corrected chi connectivity index (χ1v) is 1.63. The summed E-state index contributed by atoms with van der Waals surface area (Å²) in [5.74, 6) is 0. The maximum Gasteiger partial charge on any atom is 0.0452 e. The van der Waals surface area contributed by atoms with Crippen LogP contribution in [0.4, 0.5) is 0 Å². The van der Waals surface area contributed by atoms with Crippen molar-refractivity contribution < 1.29 is 10.2 Å². The van der Waals surface area contributed by atoms with Crippen LogP contribution in [0.2, 0.25) is 0 Å². The molecule has 0 heterocycles. The van der Waals surface area contributed by atoms with Crippen molar-refractivity contribution in [2.45, 2.75) is 51.0 Å². The lowest BCUT2D eigenvalue weighted by atomic mass is 10.5. The molecule has 0 aliphatic rings. The average molecular weight is 172 g/mol. The Labute approximate surface area is 75.3 Å². The van der Waals surface area contributed by atoms with Crippen LogP contribution in [0.5, 0.6) is 0 Å². The van der Waals surface area contributed by atoms with Gasteiger partial charge in [-0.05, 0) is 6.42 Å². The fourth-order valence-electron chi connectivity index (χ4n) is 0.0707. The molecule has 2 nitrogen and oxygen atoms in total. The van der Waals surface area contributed by atoms with E-state index in [-0.39, 0.29) is 57.8 Å². The normalized spacial score (nSPS) is 3.82. The van der Waals surface area contributed by atoms with Gasteiger partial charge in [0.25, 0.3) is 0 Å². The molecule has 0 bridgehead atoms. The molecule has 0 spiro atoms. The molecule has 11 heavy (non-hydrogen) atoms. The Morgan fingerprint density at radius 1 is 0.545 bits per heavy atom. The molecule has 0 fully saturated rings. The van der Waals surface area contributed by atoms with Crippen molar-refractivity contribution in [2.24, 2.45) is 0 Å². The van der Waals surface area contributed by atoms with E-state index in [0.717, 1.165) is 0 Å². The van der Waals surface area contributed by atoms with E-state index in [2.05, 4.69) is 0 Å². The van der Waals surface area contributed by atoms with Gasteiger partial charge in [-0.1, -0.05) is 44.6 Å². The van der Waals surface area contributed by atoms with E-state index in [1.807, 2.05) is 0 Å². The Morgan fingerprint density at radius 3 is 0.727 bits per heavy atom. The van der Waals surface area contributed by atoms with Gasteiger partial charge in [-0.3, -0.25) is 0 Å². The molecular formula is C9H32O2. The summed E-state index contributed by atoms with van der Waals surface area (Å²) in [4.78, 5) is 0. The van der Waals surface area contributed by atoms with Crippen LogP contribution in [0.3, 0.4) is 0 Å². The highest BCUT2D eigenvalue weighted by Gasteiger charge is 1.70. The largest absolute Gasteiger partial charge is 0.396 e. The molecule has 0 amide bonds. The fourth-order valence-corrected chi connectivity index (χ4v) is 0.0707. The van der Waals surface area contributed by atoms with Gasteiger partial charge in [0.2, 0.25) is 0 Å². The molecule has 2 heteroatoms. The summed E-state index contributed by atoms with van der Waals surface area (Å²) >= 11 is 0. The molecular weight excluding hydrogens is 140 g/mol. The second-order valence-corrected chi connectivity index (χ2v) is 0.801. The molecule has 0 saturated carbocycles. The van der Waals surface area contributed by atoms with E-state index in [1.165, 1.54) is 0 Å². The first kappa shape index (κ1) is 69.9. The third kappa shape index (κ3) is 169. The molecule has 0 aromatic rings. The van der Waals surface area contributed by atoms with Crippen molar-refractivity contribution in [3.63, 3.8) is 0 Å². The highest BCUT2D eigenvalue weighted by atomic mass is 16.3. The van der Waals surface area contributed by atoms with Gasteiger partial charge < -0.3 is 10.2 Å². The molecule has 2 N–H and O–H groups in total. The minimum Gasteiger partial charge on any atom is -0.396 e. The summed E-state index contributed by atoms with van der Waals surface area (Å²) < 4.78 is 0. The fraction of sp³-hybridized carbons (Fsp3) is 1.00. The van der Waals surface area contributed by atoms with Crippen LogP contribution in [0.15, 0.2) is 0 Å². The number of hydrogen-bond acceptors (Lipinski definition) is 2. The monoisotopic (exact) mass is 172 g/mol. The molecule has 0 aromatic heterocycles. The number of hydrogen-bond donors (Lipinski definition) is 2. The van der Waals surface area contributed by atoms with E-state index in [9.17, 15) is 0 Å². The van der Waals surface area contributed by atoms with Crippen molar-refractivity contribution >= 4 is 0 Å². The summed E-state index contributed by atoms with van der Waals surface area (Å²) in [6, 6.07) is 0. The van der Waals surface area contributed by atoms with Crippen LogP contribution in [0, 0.1) is 0 Å². The zero-order valence-electron chi connectivity index (χ0n) is 3.02. The third-order valence-corrected chi connectivity index (χ3v) is 0.316. The minimum absolute atomic E-state index is 0. The van der Waals surface area contributed by atoms with Crippen molar-refractivity contribution in [2.75, 3.05) is 13.2 Å². The molecule has 0 rings (SSSR count). The lowest BCUT2D eigenvalue weighted by Crippen LogP contribution is -1.85. The van der Waals surface area contributed by atoms with Gasteiger partial charge in [0.15, 0.2) is 0 Å². The maximum atomic E-state index is 7.91. The smallest absolute Gasteiger partial charge is 0.0452 e. The summed E-state index contributed by atoms with van der Waals surface area (Å²) in [6.45, 7) is 0.188. The van der Waals surface area contributed by atoms with Gasteiger partial charge in [-0.2, -0.15) is 0 Å². The number of aliphatic hydroxyl groups is 2. The molecule has 0 saturated heterocycles. The Balaban J connectivity index is -0.00000000533. The predicted octanol–water partition coefficient (Wildman–Crippen LogP) is 3.18. The first-order valence-electron chi connectivity index (χ1n) is 1.63. The summed E-state index contributed by atoms with van der Waals surface area (Å²) in [5, 5.41) is 15.8. The SMILES string of the molecule is C.C.C.C.C.C.OCCCO. The van der Waals surface area contributed by atoms with Crippen LogP contribution >= 0.6 is 0 Å². The quantitative estimate of drug-likeness (QED) is 0.671. The third-order valence-electron chi connectivity index (χ3n) is 0.316. The zero-order chi connectivity index (χ0) is 4.12. The Morgan fingerprint density at radius 2 is 0.727 bits per heavy atom. The topological polar surface area (TPSA) is 40.5 Å². The van der Waals surface area contributed by atoms with Crippen LogP contribution in [-0.2, 0) is 0 Å². The van der Waals surface area contributed by atoms with E-state index in [0.29, 0.717) is 6.42 Å². The minimum atomic E-state index is 0. The maximum absolute atomic E-state index is 7.91. The highest BCUT2D eigenvalue weighted by molar-refractivity contribution is 4.22. The summed E-state index contributed by atoms with van der Waals surface area (Å²) in [6.07, 6.45) is 0.500. The van der Waals surface area contributed by atoms with Crippen LogP contribution in [-0.4, -0.2) is 23.4 Å². The van der Waals surface area contributed by atoms with Gasteiger partial charge >= 0.3 is 0 Å². The molecule has 0 unspecified atom stereocenters. The van der Waals surface area contributed by atoms with Crippen molar-refractivity contribution in [3.05, 3.63) is 0 Å².